The number of hydrogen-bond donors (Lipinski definition) is 1. The third-order valence-corrected chi connectivity index (χ3v) is 5.42. The molecule has 0 aliphatic carbocycles. The summed E-state index contributed by atoms with van der Waals surface area (Å²) in [5.74, 6) is 0.535. The van der Waals surface area contributed by atoms with Crippen molar-refractivity contribution < 1.29 is 9.59 Å². The molecule has 5 nitrogen and oxygen atoms in total. The Kier molecular flexibility index (Phi) is 6.91. The van der Waals surface area contributed by atoms with Crippen LogP contribution in [0.4, 0.5) is 11.4 Å². The predicted octanol–water partition coefficient (Wildman–Crippen LogP) is 4.22. The Morgan fingerprint density at radius 1 is 1.03 bits per heavy atom. The van der Waals surface area contributed by atoms with Crippen LogP contribution in [-0.2, 0) is 4.79 Å². The number of hydrogen-bond acceptors (Lipinski definition) is 3. The molecule has 1 heterocycles. The zero-order valence-electron chi connectivity index (χ0n) is 17.6. The first-order valence-corrected chi connectivity index (χ1v) is 10.4. The van der Waals surface area contributed by atoms with Gasteiger partial charge in [0.1, 0.15) is 0 Å². The van der Waals surface area contributed by atoms with E-state index < -0.39 is 0 Å². The van der Waals surface area contributed by atoms with E-state index in [-0.39, 0.29) is 17.9 Å². The number of nitrogens with one attached hydrogen (secondary N) is 1. The number of anilines is 2. The van der Waals surface area contributed by atoms with E-state index in [1.165, 1.54) is 0 Å². The maximum Gasteiger partial charge on any atom is 0.253 e. The number of likely N-dealkylation sites (tertiary alicyclic amines) is 1. The molecule has 0 radical (unpaired) electrons. The van der Waals surface area contributed by atoms with Gasteiger partial charge in [-0.25, -0.2) is 0 Å². The molecule has 0 spiro atoms. The lowest BCUT2D eigenvalue weighted by Crippen LogP contribution is -2.46. The molecule has 1 aliphatic heterocycles. The summed E-state index contributed by atoms with van der Waals surface area (Å²) in [5, 5.41) is 3.18. The Morgan fingerprint density at radius 3 is 2.31 bits per heavy atom. The highest BCUT2D eigenvalue weighted by Crippen LogP contribution is 2.27. The Bertz CT molecular complexity index is 827. The molecule has 29 heavy (non-hydrogen) atoms. The van der Waals surface area contributed by atoms with Crippen molar-refractivity contribution in [2.24, 2.45) is 5.92 Å². The summed E-state index contributed by atoms with van der Waals surface area (Å²) in [5.41, 5.74) is 2.57. The minimum atomic E-state index is -0.0599. The molecular weight excluding hydrogens is 362 g/mol. The Morgan fingerprint density at radius 2 is 1.66 bits per heavy atom. The van der Waals surface area contributed by atoms with Gasteiger partial charge in [-0.05, 0) is 43.0 Å². The molecule has 2 amide bonds. The van der Waals surface area contributed by atoms with E-state index in [4.69, 9.17) is 0 Å². The van der Waals surface area contributed by atoms with Crippen molar-refractivity contribution in [3.63, 3.8) is 0 Å². The van der Waals surface area contributed by atoms with E-state index >= 15 is 0 Å². The molecular formula is C24H31N3O2. The van der Waals surface area contributed by atoms with E-state index in [2.05, 4.69) is 19.2 Å². The van der Waals surface area contributed by atoms with E-state index in [0.717, 1.165) is 24.2 Å². The van der Waals surface area contributed by atoms with Crippen LogP contribution in [-0.4, -0.2) is 42.9 Å². The molecule has 2 aromatic carbocycles. The van der Waals surface area contributed by atoms with Gasteiger partial charge in [0.2, 0.25) is 5.91 Å². The van der Waals surface area contributed by atoms with Crippen LogP contribution in [0.2, 0.25) is 0 Å². The summed E-state index contributed by atoms with van der Waals surface area (Å²) in [6, 6.07) is 17.8. The number of nitrogens with zero attached hydrogens (tertiary/aromatic N) is 2. The van der Waals surface area contributed by atoms with E-state index in [9.17, 15) is 9.59 Å². The lowest BCUT2D eigenvalue weighted by Gasteiger charge is -2.33. The maximum absolute atomic E-state index is 13.0. The molecule has 0 saturated carbocycles. The molecule has 2 aromatic rings. The van der Waals surface area contributed by atoms with Gasteiger partial charge in [0.15, 0.2) is 0 Å². The fourth-order valence-corrected chi connectivity index (χ4v) is 3.76. The first kappa shape index (κ1) is 20.9. The van der Waals surface area contributed by atoms with Crippen molar-refractivity contribution in [2.45, 2.75) is 39.2 Å². The monoisotopic (exact) mass is 393 g/mol. The van der Waals surface area contributed by atoms with E-state index in [1.807, 2.05) is 71.4 Å². The molecule has 0 bridgehead atoms. The fourth-order valence-electron chi connectivity index (χ4n) is 3.76. The second kappa shape index (κ2) is 9.59. The molecule has 1 fully saturated rings. The minimum absolute atomic E-state index is 0.0599. The average Bonchev–Trinajstić information content (AvgIpc) is 2.74. The summed E-state index contributed by atoms with van der Waals surface area (Å²) in [6.45, 7) is 5.55. The van der Waals surface area contributed by atoms with Crippen LogP contribution < -0.4 is 10.2 Å². The van der Waals surface area contributed by atoms with Gasteiger partial charge in [-0.2, -0.15) is 0 Å². The van der Waals surface area contributed by atoms with Crippen LogP contribution in [0.3, 0.4) is 0 Å². The largest absolute Gasteiger partial charge is 0.349 e. The van der Waals surface area contributed by atoms with Crippen LogP contribution in [0.25, 0.3) is 0 Å². The van der Waals surface area contributed by atoms with Crippen molar-refractivity contribution >= 4 is 23.2 Å². The Labute approximate surface area is 173 Å². The summed E-state index contributed by atoms with van der Waals surface area (Å²) >= 11 is 0. The SMILES string of the molecule is CC(C)CC(=O)N1CCC(NC(=O)c2ccccc2N(C)c2ccccc2)CC1. The van der Waals surface area contributed by atoms with Gasteiger partial charge in [0.05, 0.1) is 11.3 Å². The lowest BCUT2D eigenvalue weighted by molar-refractivity contribution is -0.133. The number of rotatable bonds is 6. The zero-order chi connectivity index (χ0) is 20.8. The molecule has 1 aliphatic rings. The quantitative estimate of drug-likeness (QED) is 0.799. The van der Waals surface area contributed by atoms with Crippen molar-refractivity contribution in [1.29, 1.82) is 0 Å². The van der Waals surface area contributed by atoms with Crippen LogP contribution in [0.15, 0.2) is 54.6 Å². The molecule has 0 atom stereocenters. The molecule has 0 aromatic heterocycles. The third-order valence-electron chi connectivity index (χ3n) is 5.42. The summed E-state index contributed by atoms with van der Waals surface area (Å²) in [7, 11) is 1.97. The molecule has 154 valence electrons. The van der Waals surface area contributed by atoms with Gasteiger partial charge in [0.25, 0.3) is 5.91 Å². The first-order valence-electron chi connectivity index (χ1n) is 10.4. The van der Waals surface area contributed by atoms with Crippen molar-refractivity contribution in [3.8, 4) is 0 Å². The summed E-state index contributed by atoms with van der Waals surface area (Å²) in [4.78, 5) is 29.2. The number of benzene rings is 2. The van der Waals surface area contributed by atoms with Crippen LogP contribution in [0.5, 0.6) is 0 Å². The van der Waals surface area contributed by atoms with Gasteiger partial charge in [-0.3, -0.25) is 9.59 Å². The Hall–Kier alpha value is -2.82. The molecule has 3 rings (SSSR count). The lowest BCUT2D eigenvalue weighted by atomic mass is 10.0. The van der Waals surface area contributed by atoms with Gasteiger partial charge >= 0.3 is 0 Å². The highest BCUT2D eigenvalue weighted by Gasteiger charge is 2.25. The standard InChI is InChI=1S/C24H31N3O2/c1-18(2)17-23(28)27-15-13-19(14-16-27)25-24(29)21-11-7-8-12-22(21)26(3)20-9-5-4-6-10-20/h4-12,18-19H,13-17H2,1-3H3,(H,25,29). The van der Waals surface area contributed by atoms with Gasteiger partial charge in [-0.1, -0.05) is 44.2 Å². The predicted molar refractivity (Wildman–Crippen MR) is 117 cm³/mol. The highest BCUT2D eigenvalue weighted by atomic mass is 16.2. The number of para-hydroxylation sites is 2. The van der Waals surface area contributed by atoms with E-state index in [0.29, 0.717) is 31.0 Å². The molecule has 1 N–H and O–H groups in total. The van der Waals surface area contributed by atoms with Crippen LogP contribution in [0, 0.1) is 5.92 Å². The Balaban J connectivity index is 1.63. The van der Waals surface area contributed by atoms with Crippen molar-refractivity contribution in [1.82, 2.24) is 10.2 Å². The number of carbonyl (C=O) groups is 2. The van der Waals surface area contributed by atoms with Gasteiger partial charge in [-0.15, -0.1) is 0 Å². The zero-order valence-corrected chi connectivity index (χ0v) is 17.6. The number of carbonyl (C=O) groups excluding carboxylic acids is 2. The van der Waals surface area contributed by atoms with Crippen molar-refractivity contribution in [3.05, 3.63) is 60.2 Å². The number of amides is 2. The topological polar surface area (TPSA) is 52.7 Å². The van der Waals surface area contributed by atoms with Gasteiger partial charge in [0, 0.05) is 38.3 Å². The van der Waals surface area contributed by atoms with Crippen molar-refractivity contribution in [2.75, 3.05) is 25.0 Å². The number of piperidine rings is 1. The van der Waals surface area contributed by atoms with Crippen LogP contribution >= 0.6 is 0 Å². The average molecular weight is 394 g/mol. The third kappa shape index (κ3) is 5.37. The molecule has 0 unspecified atom stereocenters. The second-order valence-electron chi connectivity index (χ2n) is 8.14. The normalized spacial score (nSPS) is 14.7. The minimum Gasteiger partial charge on any atom is -0.349 e. The summed E-state index contributed by atoms with van der Waals surface area (Å²) in [6.07, 6.45) is 2.19. The maximum atomic E-state index is 13.0. The summed E-state index contributed by atoms with van der Waals surface area (Å²) < 4.78 is 0. The van der Waals surface area contributed by atoms with E-state index in [1.54, 1.807) is 0 Å². The molecule has 1 saturated heterocycles. The molecule has 5 heteroatoms. The van der Waals surface area contributed by atoms with Gasteiger partial charge < -0.3 is 15.1 Å². The smallest absolute Gasteiger partial charge is 0.253 e. The first-order chi connectivity index (χ1) is 14.0. The second-order valence-corrected chi connectivity index (χ2v) is 8.14. The highest BCUT2D eigenvalue weighted by molar-refractivity contribution is 6.00. The fraction of sp³-hybridized carbons (Fsp3) is 0.417. The van der Waals surface area contributed by atoms with Crippen LogP contribution in [0.1, 0.15) is 43.5 Å².